The third kappa shape index (κ3) is 4.71. The number of urea groups is 1. The Kier molecular flexibility index (Phi) is 6.06. The molecule has 2 N–H and O–H groups in total. The van der Waals surface area contributed by atoms with Gasteiger partial charge in [-0.1, -0.05) is 42.1 Å². The summed E-state index contributed by atoms with van der Waals surface area (Å²) >= 11 is 1.47. The second-order valence-electron chi connectivity index (χ2n) is 6.21. The van der Waals surface area contributed by atoms with Gasteiger partial charge in [0.15, 0.2) is 0 Å². The molecule has 1 aliphatic heterocycles. The number of nitrogens with one attached hydrogen (secondary N) is 1. The molecule has 1 fully saturated rings. The van der Waals surface area contributed by atoms with E-state index in [1.807, 2.05) is 61.5 Å². The van der Waals surface area contributed by atoms with E-state index in [0.29, 0.717) is 44.0 Å². The van der Waals surface area contributed by atoms with Gasteiger partial charge in [0, 0.05) is 30.8 Å². The predicted octanol–water partition coefficient (Wildman–Crippen LogP) is 4.19. The molecule has 2 amide bonds. The van der Waals surface area contributed by atoms with Gasteiger partial charge >= 0.3 is 6.03 Å². The number of carbonyl (C=O) groups excluding carboxylic acids is 1. The van der Waals surface area contributed by atoms with E-state index in [4.69, 9.17) is 4.74 Å². The summed E-state index contributed by atoms with van der Waals surface area (Å²) in [4.78, 5) is 14.5. The van der Waals surface area contributed by atoms with E-state index >= 15 is 0 Å². The van der Waals surface area contributed by atoms with Crippen LogP contribution in [0.5, 0.6) is 5.75 Å². The zero-order valence-electron chi connectivity index (χ0n) is 14.9. The van der Waals surface area contributed by atoms with Gasteiger partial charge in [0.1, 0.15) is 10.7 Å². The van der Waals surface area contributed by atoms with Crippen molar-refractivity contribution in [3.05, 3.63) is 54.6 Å². The molecule has 3 rings (SSSR count). The Morgan fingerprint density at radius 1 is 1.15 bits per heavy atom. The van der Waals surface area contributed by atoms with Gasteiger partial charge < -0.3 is 20.1 Å². The fraction of sp³-hybridized carbons (Fsp3) is 0.350. The monoisotopic (exact) mass is 372 g/mol. The zero-order valence-corrected chi connectivity index (χ0v) is 15.7. The number of aliphatic hydroxyl groups is 1. The number of amides is 2. The lowest BCUT2D eigenvalue weighted by atomic mass is 10.1. The van der Waals surface area contributed by atoms with Gasteiger partial charge in [-0.3, -0.25) is 0 Å². The number of thioether (sulfide) groups is 1. The minimum atomic E-state index is -0.832. The largest absolute Gasteiger partial charge is 0.492 e. The highest BCUT2D eigenvalue weighted by molar-refractivity contribution is 8.00. The van der Waals surface area contributed by atoms with E-state index < -0.39 is 4.93 Å². The maximum Gasteiger partial charge on any atom is 0.321 e. The standard InChI is InChI=1S/C20H24N2O3S/c1-2-25-18-11-7-6-10-17(18)21-19(23)22-14-12-20(24,13-15-22)26-16-8-4-3-5-9-16/h3-11,24H,2,12-15H2,1H3,(H,21,23). The molecule has 0 unspecified atom stereocenters. The van der Waals surface area contributed by atoms with Gasteiger partial charge in [0.05, 0.1) is 12.3 Å². The Morgan fingerprint density at radius 3 is 2.50 bits per heavy atom. The first-order valence-corrected chi connectivity index (χ1v) is 9.65. The minimum absolute atomic E-state index is 0.163. The second-order valence-corrected chi connectivity index (χ2v) is 7.64. The van der Waals surface area contributed by atoms with Crippen molar-refractivity contribution in [3.63, 3.8) is 0 Å². The molecule has 0 bridgehead atoms. The Labute approximate surface area is 158 Å². The average molecular weight is 372 g/mol. The smallest absolute Gasteiger partial charge is 0.321 e. The van der Waals surface area contributed by atoms with E-state index in [1.54, 1.807) is 4.90 Å². The number of hydrogen-bond acceptors (Lipinski definition) is 4. The third-order valence-corrected chi connectivity index (χ3v) is 5.61. The van der Waals surface area contributed by atoms with Crippen LogP contribution in [0.15, 0.2) is 59.5 Å². The molecule has 5 nitrogen and oxygen atoms in total. The Hall–Kier alpha value is -2.18. The van der Waals surface area contributed by atoms with Crippen molar-refractivity contribution in [1.29, 1.82) is 0 Å². The highest BCUT2D eigenvalue weighted by atomic mass is 32.2. The molecule has 138 valence electrons. The van der Waals surface area contributed by atoms with Crippen molar-refractivity contribution in [2.75, 3.05) is 25.0 Å². The molecule has 0 radical (unpaired) electrons. The van der Waals surface area contributed by atoms with Gasteiger partial charge in [-0.2, -0.15) is 0 Å². The van der Waals surface area contributed by atoms with E-state index in [-0.39, 0.29) is 6.03 Å². The van der Waals surface area contributed by atoms with Crippen LogP contribution in [0, 0.1) is 0 Å². The lowest BCUT2D eigenvalue weighted by molar-refractivity contribution is 0.0683. The van der Waals surface area contributed by atoms with Gasteiger partial charge in [0.2, 0.25) is 0 Å². The number of hydrogen-bond donors (Lipinski definition) is 2. The fourth-order valence-corrected chi connectivity index (χ4v) is 4.03. The lowest BCUT2D eigenvalue weighted by Crippen LogP contribution is -2.46. The van der Waals surface area contributed by atoms with Crippen LogP contribution in [0.25, 0.3) is 0 Å². The van der Waals surface area contributed by atoms with Crippen LogP contribution in [-0.4, -0.2) is 40.7 Å². The number of para-hydroxylation sites is 2. The van der Waals surface area contributed by atoms with E-state index in [9.17, 15) is 9.90 Å². The third-order valence-electron chi connectivity index (χ3n) is 4.31. The van der Waals surface area contributed by atoms with Crippen molar-refractivity contribution < 1.29 is 14.6 Å². The number of anilines is 1. The molecule has 0 atom stereocenters. The summed E-state index contributed by atoms with van der Waals surface area (Å²) in [5.41, 5.74) is 0.666. The molecule has 6 heteroatoms. The van der Waals surface area contributed by atoms with Gasteiger partial charge in [-0.25, -0.2) is 4.79 Å². The van der Waals surface area contributed by atoms with Gasteiger partial charge in [-0.15, -0.1) is 0 Å². The molecule has 0 aromatic heterocycles. The van der Waals surface area contributed by atoms with Crippen molar-refractivity contribution in [3.8, 4) is 5.75 Å². The van der Waals surface area contributed by atoms with E-state index in [2.05, 4.69) is 5.32 Å². The molecule has 26 heavy (non-hydrogen) atoms. The van der Waals surface area contributed by atoms with Crippen LogP contribution in [0.3, 0.4) is 0 Å². The summed E-state index contributed by atoms with van der Waals surface area (Å²) in [6, 6.07) is 17.1. The van der Waals surface area contributed by atoms with Crippen molar-refractivity contribution >= 4 is 23.5 Å². The molecule has 1 saturated heterocycles. The van der Waals surface area contributed by atoms with E-state index in [1.165, 1.54) is 11.8 Å². The molecule has 1 heterocycles. The molecule has 0 aliphatic carbocycles. The first kappa shape index (κ1) is 18.6. The SMILES string of the molecule is CCOc1ccccc1NC(=O)N1CCC(O)(Sc2ccccc2)CC1. The summed E-state index contributed by atoms with van der Waals surface area (Å²) in [6.07, 6.45) is 1.07. The van der Waals surface area contributed by atoms with Crippen molar-refractivity contribution in [2.24, 2.45) is 0 Å². The van der Waals surface area contributed by atoms with Crippen LogP contribution in [-0.2, 0) is 0 Å². The minimum Gasteiger partial charge on any atom is -0.492 e. The highest BCUT2D eigenvalue weighted by Crippen LogP contribution is 2.38. The molecule has 1 aliphatic rings. The molecule has 2 aromatic carbocycles. The summed E-state index contributed by atoms with van der Waals surface area (Å²) < 4.78 is 5.55. The first-order valence-electron chi connectivity index (χ1n) is 8.84. The van der Waals surface area contributed by atoms with Crippen LogP contribution in [0.1, 0.15) is 19.8 Å². The molecule has 0 spiro atoms. The number of ether oxygens (including phenoxy) is 1. The van der Waals surface area contributed by atoms with Crippen LogP contribution >= 0.6 is 11.8 Å². The number of nitrogens with zero attached hydrogens (tertiary/aromatic N) is 1. The van der Waals surface area contributed by atoms with Gasteiger partial charge in [0.25, 0.3) is 0 Å². The topological polar surface area (TPSA) is 61.8 Å². The quantitative estimate of drug-likeness (QED) is 0.773. The zero-order chi connectivity index (χ0) is 18.4. The summed E-state index contributed by atoms with van der Waals surface area (Å²) in [7, 11) is 0. The van der Waals surface area contributed by atoms with Gasteiger partial charge in [-0.05, 0) is 31.2 Å². The number of piperidine rings is 1. The highest BCUT2D eigenvalue weighted by Gasteiger charge is 2.35. The molecular formula is C20H24N2O3S. The fourth-order valence-electron chi connectivity index (χ4n) is 2.91. The van der Waals surface area contributed by atoms with Crippen LogP contribution < -0.4 is 10.1 Å². The maximum atomic E-state index is 12.6. The van der Waals surface area contributed by atoms with E-state index in [0.717, 1.165) is 4.90 Å². The Balaban J connectivity index is 1.57. The first-order chi connectivity index (χ1) is 12.6. The van der Waals surface area contributed by atoms with Crippen LogP contribution in [0.2, 0.25) is 0 Å². The normalized spacial score (nSPS) is 16.2. The number of rotatable bonds is 5. The molecule has 2 aromatic rings. The average Bonchev–Trinajstić information content (AvgIpc) is 2.64. The predicted molar refractivity (Wildman–Crippen MR) is 105 cm³/mol. The molecular weight excluding hydrogens is 348 g/mol. The number of benzene rings is 2. The summed E-state index contributed by atoms with van der Waals surface area (Å²) in [6.45, 7) is 3.48. The Bertz CT molecular complexity index is 731. The number of likely N-dealkylation sites (tertiary alicyclic amines) is 1. The van der Waals surface area contributed by atoms with Crippen molar-refractivity contribution in [2.45, 2.75) is 29.6 Å². The van der Waals surface area contributed by atoms with Crippen molar-refractivity contribution in [1.82, 2.24) is 4.90 Å². The number of carbonyl (C=O) groups is 1. The summed E-state index contributed by atoms with van der Waals surface area (Å²) in [5.74, 6) is 0.663. The lowest BCUT2D eigenvalue weighted by Gasteiger charge is -2.37. The Morgan fingerprint density at radius 2 is 1.81 bits per heavy atom. The maximum absolute atomic E-state index is 12.6. The van der Waals surface area contributed by atoms with Crippen LogP contribution in [0.4, 0.5) is 10.5 Å². The second kappa shape index (κ2) is 8.47. The summed E-state index contributed by atoms with van der Waals surface area (Å²) in [5, 5.41) is 13.7. The molecule has 0 saturated carbocycles.